The molecule has 0 aliphatic rings. The van der Waals surface area contributed by atoms with Crippen molar-refractivity contribution in [3.8, 4) is 5.69 Å². The molecule has 2 heterocycles. The van der Waals surface area contributed by atoms with Gasteiger partial charge >= 0.3 is 0 Å². The third-order valence-electron chi connectivity index (χ3n) is 5.63. The minimum atomic E-state index is -1.39. The standard InChI is InChI=1S/C24H30N2Si2/c1-27(2,3)24(28(4,5)6)21-17-18(15-16-25-21)26-22-13-9-7-11-19(22)20-12-8-10-14-23(20)26/h7-17,24H,1-6H3. The van der Waals surface area contributed by atoms with Gasteiger partial charge in [-0.05, 0) is 29.4 Å². The van der Waals surface area contributed by atoms with E-state index >= 15 is 0 Å². The smallest absolute Gasteiger partial charge is 0.0541 e. The number of nitrogens with zero attached hydrogens (tertiary/aromatic N) is 2. The van der Waals surface area contributed by atoms with Crippen molar-refractivity contribution in [3.63, 3.8) is 0 Å². The summed E-state index contributed by atoms with van der Waals surface area (Å²) in [6, 6.07) is 21.9. The molecule has 4 heteroatoms. The van der Waals surface area contributed by atoms with Gasteiger partial charge in [0.15, 0.2) is 0 Å². The van der Waals surface area contributed by atoms with Gasteiger partial charge in [0.2, 0.25) is 0 Å². The first kappa shape index (κ1) is 19.2. The summed E-state index contributed by atoms with van der Waals surface area (Å²) in [4.78, 5) is 4.90. The highest BCUT2D eigenvalue weighted by molar-refractivity contribution is 6.96. The van der Waals surface area contributed by atoms with Gasteiger partial charge in [0.25, 0.3) is 0 Å². The number of fused-ring (bicyclic) bond motifs is 3. The van der Waals surface area contributed by atoms with Crippen LogP contribution in [0.4, 0.5) is 0 Å². The van der Waals surface area contributed by atoms with Gasteiger partial charge in [-0.3, -0.25) is 4.98 Å². The molecule has 0 atom stereocenters. The number of hydrogen-bond acceptors (Lipinski definition) is 1. The van der Waals surface area contributed by atoms with Crippen molar-refractivity contribution < 1.29 is 0 Å². The number of aromatic nitrogens is 2. The number of benzene rings is 2. The van der Waals surface area contributed by atoms with Crippen LogP contribution in [0.25, 0.3) is 27.5 Å². The lowest BCUT2D eigenvalue weighted by atomic mass is 10.2. The van der Waals surface area contributed by atoms with Crippen molar-refractivity contribution in [2.75, 3.05) is 0 Å². The van der Waals surface area contributed by atoms with Crippen LogP contribution in [0.5, 0.6) is 0 Å². The van der Waals surface area contributed by atoms with Crippen LogP contribution in [0.2, 0.25) is 39.3 Å². The number of para-hydroxylation sites is 2. The van der Waals surface area contributed by atoms with Gasteiger partial charge in [-0.25, -0.2) is 0 Å². The highest BCUT2D eigenvalue weighted by atomic mass is 28.4. The summed E-state index contributed by atoms with van der Waals surface area (Å²) in [6.45, 7) is 14.9. The summed E-state index contributed by atoms with van der Waals surface area (Å²) in [5.41, 5.74) is 5.04. The molecule has 0 fully saturated rings. The molecule has 0 aliphatic carbocycles. The Bertz CT molecular complexity index is 1080. The molecule has 4 rings (SSSR count). The zero-order valence-corrected chi connectivity index (χ0v) is 19.8. The Morgan fingerprint density at radius 2 is 1.21 bits per heavy atom. The van der Waals surface area contributed by atoms with Crippen molar-refractivity contribution in [1.82, 2.24) is 9.55 Å². The first-order chi connectivity index (χ1) is 13.2. The van der Waals surface area contributed by atoms with Crippen LogP contribution < -0.4 is 0 Å². The van der Waals surface area contributed by atoms with Gasteiger partial charge in [-0.15, -0.1) is 0 Å². The van der Waals surface area contributed by atoms with Crippen molar-refractivity contribution in [3.05, 3.63) is 72.6 Å². The topological polar surface area (TPSA) is 17.8 Å². The molecule has 0 aliphatic heterocycles. The van der Waals surface area contributed by atoms with E-state index in [9.17, 15) is 0 Å². The van der Waals surface area contributed by atoms with E-state index in [1.165, 1.54) is 33.2 Å². The Kier molecular flexibility index (Phi) is 4.59. The predicted molar refractivity (Wildman–Crippen MR) is 128 cm³/mol. The molecule has 0 amide bonds. The fraction of sp³-hybridized carbons (Fsp3) is 0.292. The minimum absolute atomic E-state index is 0.632. The van der Waals surface area contributed by atoms with Crippen LogP contribution in [0.1, 0.15) is 10.9 Å². The Labute approximate surface area is 170 Å². The van der Waals surface area contributed by atoms with E-state index in [1.807, 2.05) is 6.20 Å². The van der Waals surface area contributed by atoms with Gasteiger partial charge in [0.1, 0.15) is 0 Å². The van der Waals surface area contributed by atoms with E-state index in [0.717, 1.165) is 0 Å². The average Bonchev–Trinajstić information content (AvgIpc) is 2.94. The lowest BCUT2D eigenvalue weighted by Crippen LogP contribution is -2.46. The second-order valence-electron chi connectivity index (χ2n) is 9.97. The molecular formula is C24H30N2Si2. The molecule has 0 bridgehead atoms. The monoisotopic (exact) mass is 402 g/mol. The van der Waals surface area contributed by atoms with Gasteiger partial charge in [-0.1, -0.05) is 75.7 Å². The summed E-state index contributed by atoms with van der Waals surface area (Å²) in [6.07, 6.45) is 2.02. The quantitative estimate of drug-likeness (QED) is 0.335. The molecule has 0 radical (unpaired) electrons. The Hall–Kier alpha value is -2.18. The first-order valence-corrected chi connectivity index (χ1v) is 17.3. The van der Waals surface area contributed by atoms with Gasteiger partial charge in [-0.2, -0.15) is 0 Å². The summed E-state index contributed by atoms with van der Waals surface area (Å²) in [7, 11) is -2.78. The fourth-order valence-corrected chi connectivity index (χ4v) is 17.6. The van der Waals surface area contributed by atoms with Crippen molar-refractivity contribution in [2.45, 2.75) is 44.4 Å². The molecule has 2 aromatic carbocycles. The summed E-state index contributed by atoms with van der Waals surface area (Å²) >= 11 is 0. The first-order valence-electron chi connectivity index (χ1n) is 10.1. The molecule has 0 N–H and O–H groups in total. The molecule has 2 aromatic heterocycles. The third kappa shape index (κ3) is 3.25. The van der Waals surface area contributed by atoms with E-state index in [4.69, 9.17) is 4.98 Å². The summed E-state index contributed by atoms with van der Waals surface area (Å²) in [5, 5.41) is 3.25. The Morgan fingerprint density at radius 1 is 0.714 bits per heavy atom. The number of rotatable bonds is 4. The van der Waals surface area contributed by atoms with Gasteiger partial charge in [0.05, 0.1) is 27.2 Å². The molecule has 0 saturated heterocycles. The molecule has 0 unspecified atom stereocenters. The highest BCUT2D eigenvalue weighted by Gasteiger charge is 2.39. The molecule has 0 saturated carbocycles. The molecule has 4 aromatic rings. The summed E-state index contributed by atoms with van der Waals surface area (Å²) in [5.74, 6) is 0. The largest absolute Gasteiger partial charge is 0.309 e. The predicted octanol–water partition coefficient (Wildman–Crippen LogP) is 7.02. The third-order valence-corrected chi connectivity index (χ3v) is 14.9. The van der Waals surface area contributed by atoms with Crippen molar-refractivity contribution >= 4 is 38.0 Å². The summed E-state index contributed by atoms with van der Waals surface area (Å²) < 4.78 is 2.40. The van der Waals surface area contributed by atoms with Crippen LogP contribution in [-0.2, 0) is 0 Å². The van der Waals surface area contributed by atoms with Crippen LogP contribution in [0.15, 0.2) is 66.9 Å². The van der Waals surface area contributed by atoms with E-state index in [2.05, 4.69) is 105 Å². The maximum atomic E-state index is 4.90. The lowest BCUT2D eigenvalue weighted by Gasteiger charge is -2.38. The van der Waals surface area contributed by atoms with E-state index in [1.54, 1.807) is 0 Å². The van der Waals surface area contributed by atoms with Gasteiger partial charge < -0.3 is 4.57 Å². The maximum absolute atomic E-state index is 4.90. The lowest BCUT2D eigenvalue weighted by molar-refractivity contribution is 1.04. The molecule has 28 heavy (non-hydrogen) atoms. The number of hydrogen-bond donors (Lipinski definition) is 0. The number of pyridine rings is 1. The van der Waals surface area contributed by atoms with E-state index in [0.29, 0.717) is 5.16 Å². The van der Waals surface area contributed by atoms with Crippen LogP contribution >= 0.6 is 0 Å². The molecule has 144 valence electrons. The second-order valence-corrected chi connectivity index (χ2v) is 21.2. The average molecular weight is 403 g/mol. The zero-order chi connectivity index (χ0) is 20.1. The Balaban J connectivity index is 1.98. The Morgan fingerprint density at radius 3 is 1.71 bits per heavy atom. The molecular weight excluding hydrogens is 372 g/mol. The fourth-order valence-electron chi connectivity index (χ4n) is 5.12. The van der Waals surface area contributed by atoms with Crippen LogP contribution in [-0.4, -0.2) is 25.7 Å². The molecule has 2 nitrogen and oxygen atoms in total. The SMILES string of the molecule is C[Si](C)(C)C(c1cc(-n2c3ccccc3c3ccccc32)ccn1)[Si](C)(C)C. The maximum Gasteiger partial charge on any atom is 0.0541 e. The van der Waals surface area contributed by atoms with Gasteiger partial charge in [0, 0.05) is 28.4 Å². The normalized spacial score (nSPS) is 13.0. The van der Waals surface area contributed by atoms with E-state index in [-0.39, 0.29) is 0 Å². The van der Waals surface area contributed by atoms with E-state index < -0.39 is 16.1 Å². The van der Waals surface area contributed by atoms with Crippen molar-refractivity contribution in [1.29, 1.82) is 0 Å². The van der Waals surface area contributed by atoms with Crippen LogP contribution in [0.3, 0.4) is 0 Å². The minimum Gasteiger partial charge on any atom is -0.309 e. The van der Waals surface area contributed by atoms with Crippen molar-refractivity contribution in [2.24, 2.45) is 0 Å². The zero-order valence-electron chi connectivity index (χ0n) is 17.8. The second kappa shape index (κ2) is 6.71. The van der Waals surface area contributed by atoms with Crippen LogP contribution in [0, 0.1) is 0 Å². The highest BCUT2D eigenvalue weighted by Crippen LogP contribution is 2.37. The molecule has 0 spiro atoms.